The highest BCUT2D eigenvalue weighted by atomic mass is 35.5. The fraction of sp³-hybridized carbons (Fsp3) is 0.667. The van der Waals surface area contributed by atoms with Crippen molar-refractivity contribution in [3.63, 3.8) is 0 Å². The summed E-state index contributed by atoms with van der Waals surface area (Å²) in [7, 11) is 0. The van der Waals surface area contributed by atoms with Crippen molar-refractivity contribution in [2.24, 2.45) is 11.8 Å². The molecule has 2 aliphatic heterocycles. The summed E-state index contributed by atoms with van der Waals surface area (Å²) in [5, 5.41) is 3.42. The third kappa shape index (κ3) is 2.35. The smallest absolute Gasteiger partial charge is 0.255 e. The standard InChI is InChI=1S/C15H23N3O.ClH/c1-4-18-10(2)5-14(11(18)3)15(19)17-8-12-6-16-7-13(12)9-17;/h5,12-13,16H,4,6-9H2,1-3H3;1H/t12-,13+;. The number of rotatable bonds is 2. The molecule has 0 aliphatic carbocycles. The monoisotopic (exact) mass is 297 g/mol. The van der Waals surface area contributed by atoms with Gasteiger partial charge in [0.2, 0.25) is 0 Å². The molecule has 1 aromatic rings. The molecule has 2 fully saturated rings. The molecule has 5 heteroatoms. The van der Waals surface area contributed by atoms with Crippen LogP contribution in [0.25, 0.3) is 0 Å². The van der Waals surface area contributed by atoms with Gasteiger partial charge in [-0.25, -0.2) is 0 Å². The van der Waals surface area contributed by atoms with Crippen LogP contribution in [0.4, 0.5) is 0 Å². The first-order valence-corrected chi connectivity index (χ1v) is 7.28. The second kappa shape index (κ2) is 5.78. The highest BCUT2D eigenvalue weighted by Gasteiger charge is 2.38. The molecule has 3 heterocycles. The Bertz CT molecular complexity index is 499. The van der Waals surface area contributed by atoms with Crippen LogP contribution >= 0.6 is 12.4 Å². The van der Waals surface area contributed by atoms with E-state index in [4.69, 9.17) is 0 Å². The molecule has 0 saturated carbocycles. The van der Waals surface area contributed by atoms with Crippen LogP contribution in [0, 0.1) is 25.7 Å². The number of fused-ring (bicyclic) bond motifs is 1. The minimum Gasteiger partial charge on any atom is -0.349 e. The Morgan fingerprint density at radius 2 is 1.90 bits per heavy atom. The molecule has 0 bridgehead atoms. The highest BCUT2D eigenvalue weighted by Crippen LogP contribution is 2.28. The average molecular weight is 298 g/mol. The van der Waals surface area contributed by atoms with Gasteiger partial charge in [-0.1, -0.05) is 0 Å². The number of aryl methyl sites for hydroxylation is 1. The van der Waals surface area contributed by atoms with E-state index >= 15 is 0 Å². The fourth-order valence-electron chi connectivity index (χ4n) is 3.70. The van der Waals surface area contributed by atoms with Crippen LogP contribution in [0.5, 0.6) is 0 Å². The van der Waals surface area contributed by atoms with Crippen LogP contribution in [-0.2, 0) is 6.54 Å². The van der Waals surface area contributed by atoms with Crippen molar-refractivity contribution in [1.82, 2.24) is 14.8 Å². The fourth-order valence-corrected chi connectivity index (χ4v) is 3.70. The summed E-state index contributed by atoms with van der Waals surface area (Å²) >= 11 is 0. The molecule has 0 unspecified atom stereocenters. The molecule has 20 heavy (non-hydrogen) atoms. The Morgan fingerprint density at radius 1 is 1.30 bits per heavy atom. The van der Waals surface area contributed by atoms with Gasteiger partial charge in [0.1, 0.15) is 0 Å². The molecule has 1 aromatic heterocycles. The summed E-state index contributed by atoms with van der Waals surface area (Å²) in [5.41, 5.74) is 3.19. The van der Waals surface area contributed by atoms with E-state index < -0.39 is 0 Å². The van der Waals surface area contributed by atoms with Crippen LogP contribution in [-0.4, -0.2) is 41.6 Å². The zero-order chi connectivity index (χ0) is 13.6. The molecule has 1 N–H and O–H groups in total. The summed E-state index contributed by atoms with van der Waals surface area (Å²) in [6.45, 7) is 11.2. The number of likely N-dealkylation sites (tertiary alicyclic amines) is 1. The van der Waals surface area contributed by atoms with Gasteiger partial charge in [-0.05, 0) is 38.7 Å². The molecule has 4 nitrogen and oxygen atoms in total. The summed E-state index contributed by atoms with van der Waals surface area (Å²) < 4.78 is 2.21. The van der Waals surface area contributed by atoms with E-state index in [2.05, 4.69) is 35.6 Å². The SMILES string of the molecule is CCn1c(C)cc(C(=O)N2C[C@H]3CNC[C@H]3C2)c1C.Cl. The number of carbonyl (C=O) groups excluding carboxylic acids is 1. The van der Waals surface area contributed by atoms with Gasteiger partial charge >= 0.3 is 0 Å². The lowest BCUT2D eigenvalue weighted by Crippen LogP contribution is -2.32. The Morgan fingerprint density at radius 3 is 2.40 bits per heavy atom. The van der Waals surface area contributed by atoms with Gasteiger partial charge < -0.3 is 14.8 Å². The first-order valence-electron chi connectivity index (χ1n) is 7.28. The van der Waals surface area contributed by atoms with E-state index in [1.165, 1.54) is 5.69 Å². The molecule has 0 spiro atoms. The zero-order valence-electron chi connectivity index (χ0n) is 12.5. The van der Waals surface area contributed by atoms with E-state index in [9.17, 15) is 4.79 Å². The lowest BCUT2D eigenvalue weighted by atomic mass is 10.0. The third-order valence-corrected chi connectivity index (χ3v) is 4.80. The van der Waals surface area contributed by atoms with Gasteiger partial charge in [0.15, 0.2) is 0 Å². The Labute approximate surface area is 126 Å². The van der Waals surface area contributed by atoms with Gasteiger partial charge in [-0.3, -0.25) is 4.79 Å². The van der Waals surface area contributed by atoms with E-state index in [-0.39, 0.29) is 18.3 Å². The highest BCUT2D eigenvalue weighted by molar-refractivity contribution is 5.96. The van der Waals surface area contributed by atoms with Crippen molar-refractivity contribution in [1.29, 1.82) is 0 Å². The van der Waals surface area contributed by atoms with Crippen molar-refractivity contribution in [3.05, 3.63) is 23.0 Å². The second-order valence-electron chi connectivity index (χ2n) is 5.92. The number of amides is 1. The molecule has 112 valence electrons. The van der Waals surface area contributed by atoms with E-state index in [1.54, 1.807) is 0 Å². The predicted octanol–water partition coefficient (Wildman–Crippen LogP) is 1.84. The summed E-state index contributed by atoms with van der Waals surface area (Å²) in [5.74, 6) is 1.56. The van der Waals surface area contributed by atoms with Crippen LogP contribution in [0.3, 0.4) is 0 Å². The van der Waals surface area contributed by atoms with Crippen molar-refractivity contribution in [2.45, 2.75) is 27.3 Å². The van der Waals surface area contributed by atoms with Crippen molar-refractivity contribution in [3.8, 4) is 0 Å². The van der Waals surface area contributed by atoms with Gasteiger partial charge in [0, 0.05) is 44.1 Å². The molecule has 2 saturated heterocycles. The largest absolute Gasteiger partial charge is 0.349 e. The third-order valence-electron chi connectivity index (χ3n) is 4.80. The van der Waals surface area contributed by atoms with Crippen molar-refractivity contribution >= 4 is 18.3 Å². The van der Waals surface area contributed by atoms with Gasteiger partial charge in [0.25, 0.3) is 5.91 Å². The molecule has 2 aliphatic rings. The predicted molar refractivity (Wildman–Crippen MR) is 82.6 cm³/mol. The minimum atomic E-state index is 0. The van der Waals surface area contributed by atoms with Crippen LogP contribution in [0.2, 0.25) is 0 Å². The number of carbonyl (C=O) groups is 1. The van der Waals surface area contributed by atoms with E-state index in [0.29, 0.717) is 11.8 Å². The van der Waals surface area contributed by atoms with Crippen LogP contribution in [0.15, 0.2) is 6.07 Å². The zero-order valence-corrected chi connectivity index (χ0v) is 13.3. The first kappa shape index (κ1) is 15.4. The molecule has 0 radical (unpaired) electrons. The van der Waals surface area contributed by atoms with E-state index in [1.807, 2.05) is 6.07 Å². The Kier molecular flexibility index (Phi) is 4.45. The molecule has 0 aromatic carbocycles. The van der Waals surface area contributed by atoms with Crippen LogP contribution < -0.4 is 5.32 Å². The summed E-state index contributed by atoms with van der Waals surface area (Å²) in [6.07, 6.45) is 0. The first-order chi connectivity index (χ1) is 9.11. The Hall–Kier alpha value is -1.00. The quantitative estimate of drug-likeness (QED) is 0.904. The Balaban J connectivity index is 0.00000147. The lowest BCUT2D eigenvalue weighted by molar-refractivity contribution is 0.0781. The molecule has 1 amide bonds. The maximum Gasteiger partial charge on any atom is 0.255 e. The number of aromatic nitrogens is 1. The maximum atomic E-state index is 12.7. The van der Waals surface area contributed by atoms with Gasteiger partial charge in [-0.15, -0.1) is 12.4 Å². The average Bonchev–Trinajstić information content (AvgIpc) is 3.01. The number of hydrogen-bond acceptors (Lipinski definition) is 2. The van der Waals surface area contributed by atoms with E-state index in [0.717, 1.165) is 44.0 Å². The number of nitrogens with one attached hydrogen (secondary N) is 1. The van der Waals surface area contributed by atoms with Crippen molar-refractivity contribution in [2.75, 3.05) is 26.2 Å². The van der Waals surface area contributed by atoms with Crippen LogP contribution in [0.1, 0.15) is 28.7 Å². The van der Waals surface area contributed by atoms with Crippen molar-refractivity contribution < 1.29 is 4.79 Å². The maximum absolute atomic E-state index is 12.7. The molecule has 3 rings (SSSR count). The molecule has 2 atom stereocenters. The normalized spacial score (nSPS) is 24.6. The number of hydrogen-bond donors (Lipinski definition) is 1. The van der Waals surface area contributed by atoms with Gasteiger partial charge in [0.05, 0.1) is 5.56 Å². The molecular formula is C15H24ClN3O. The molecular weight excluding hydrogens is 274 g/mol. The lowest BCUT2D eigenvalue weighted by Gasteiger charge is -2.17. The minimum absolute atomic E-state index is 0. The van der Waals surface area contributed by atoms with Gasteiger partial charge in [-0.2, -0.15) is 0 Å². The number of nitrogens with zero attached hydrogens (tertiary/aromatic N) is 2. The topological polar surface area (TPSA) is 37.3 Å². The summed E-state index contributed by atoms with van der Waals surface area (Å²) in [4.78, 5) is 14.7. The summed E-state index contributed by atoms with van der Waals surface area (Å²) in [6, 6.07) is 2.05. The number of halogens is 1. The second-order valence-corrected chi connectivity index (χ2v) is 5.92.